The summed E-state index contributed by atoms with van der Waals surface area (Å²) >= 11 is 0. The summed E-state index contributed by atoms with van der Waals surface area (Å²) in [5.74, 6) is 0. The Balaban J connectivity index is 0. The molecule has 0 saturated carbocycles. The van der Waals surface area contributed by atoms with Gasteiger partial charge in [-0.1, -0.05) is 29.2 Å². The van der Waals surface area contributed by atoms with Crippen LogP contribution in [0.2, 0.25) is 0 Å². The van der Waals surface area contributed by atoms with E-state index < -0.39 is 0 Å². The molecule has 0 fully saturated rings. The maximum absolute atomic E-state index is 2.18. The van der Waals surface area contributed by atoms with E-state index in [1.807, 2.05) is 0 Å². The van der Waals surface area contributed by atoms with E-state index in [2.05, 4.69) is 55.4 Å². The fraction of sp³-hybridized carbons (Fsp3) is 0.692. The second-order valence-corrected chi connectivity index (χ2v) is 4.13. The Bertz CT molecular complexity index is 170. The lowest BCUT2D eigenvalue weighted by Gasteiger charge is -1.94. The Kier molecular flexibility index (Phi) is 9.33. The first kappa shape index (κ1) is 15.0. The molecule has 0 heterocycles. The molecule has 0 N–H and O–H groups in total. The van der Waals surface area contributed by atoms with Gasteiger partial charge in [-0.15, -0.1) is 0 Å². The van der Waals surface area contributed by atoms with Crippen molar-refractivity contribution in [3.8, 4) is 0 Å². The molecular formula is C13H26. The van der Waals surface area contributed by atoms with Crippen LogP contribution in [0.3, 0.4) is 0 Å². The van der Waals surface area contributed by atoms with Gasteiger partial charge in [0.15, 0.2) is 0 Å². The van der Waals surface area contributed by atoms with E-state index in [9.17, 15) is 0 Å². The zero-order chi connectivity index (χ0) is 11.0. The van der Waals surface area contributed by atoms with E-state index in [4.69, 9.17) is 0 Å². The van der Waals surface area contributed by atoms with Crippen LogP contribution < -0.4 is 0 Å². The van der Waals surface area contributed by atoms with Crippen molar-refractivity contribution in [1.82, 2.24) is 0 Å². The van der Waals surface area contributed by atoms with Crippen LogP contribution in [0.15, 0.2) is 22.3 Å². The molecule has 78 valence electrons. The second-order valence-electron chi connectivity index (χ2n) is 4.13. The fourth-order valence-electron chi connectivity index (χ4n) is 0.354. The van der Waals surface area contributed by atoms with Crippen molar-refractivity contribution < 1.29 is 0 Å². The topological polar surface area (TPSA) is 0 Å². The minimum atomic E-state index is 1.20. The van der Waals surface area contributed by atoms with Gasteiger partial charge in [0, 0.05) is 0 Å². The molecule has 0 aromatic heterocycles. The van der Waals surface area contributed by atoms with Crippen molar-refractivity contribution in [3.05, 3.63) is 22.3 Å². The van der Waals surface area contributed by atoms with E-state index >= 15 is 0 Å². The van der Waals surface area contributed by atoms with Crippen LogP contribution >= 0.6 is 0 Å². The average Bonchev–Trinajstić information content (AvgIpc) is 2.03. The highest BCUT2D eigenvalue weighted by Gasteiger charge is 1.82. The molecule has 0 spiro atoms. The van der Waals surface area contributed by atoms with E-state index in [-0.39, 0.29) is 0 Å². The van der Waals surface area contributed by atoms with Crippen molar-refractivity contribution in [2.75, 3.05) is 0 Å². The van der Waals surface area contributed by atoms with Gasteiger partial charge < -0.3 is 0 Å². The third-order valence-corrected chi connectivity index (χ3v) is 2.38. The molecule has 0 saturated heterocycles. The predicted molar refractivity (Wildman–Crippen MR) is 64.1 cm³/mol. The number of hydrogen-bond acceptors (Lipinski definition) is 0. The smallest absolute Gasteiger partial charge is 0.0349 e. The Morgan fingerprint density at radius 2 is 0.923 bits per heavy atom. The maximum atomic E-state index is 2.18. The molecule has 0 heteroatoms. The predicted octanol–water partition coefficient (Wildman–Crippen LogP) is 5.12. The van der Waals surface area contributed by atoms with Gasteiger partial charge >= 0.3 is 0 Å². The first-order valence-corrected chi connectivity index (χ1v) is 5.06. The lowest BCUT2D eigenvalue weighted by Crippen LogP contribution is -1.73. The minimum absolute atomic E-state index is 1.20. The van der Waals surface area contributed by atoms with Gasteiger partial charge in [0.2, 0.25) is 0 Å². The van der Waals surface area contributed by atoms with Gasteiger partial charge in [-0.25, -0.2) is 0 Å². The van der Waals surface area contributed by atoms with Gasteiger partial charge in [-0.3, -0.25) is 0 Å². The van der Waals surface area contributed by atoms with Crippen LogP contribution in [-0.2, 0) is 0 Å². The second kappa shape index (κ2) is 8.10. The molecule has 0 aromatic rings. The summed E-state index contributed by atoms with van der Waals surface area (Å²) in [6.07, 6.45) is 1.20. The van der Waals surface area contributed by atoms with Crippen LogP contribution in [0.4, 0.5) is 0 Å². The highest BCUT2D eigenvalue weighted by atomic mass is 13.9. The quantitative estimate of drug-likeness (QED) is 0.494. The summed E-state index contributed by atoms with van der Waals surface area (Å²) in [7, 11) is 0. The first-order valence-electron chi connectivity index (χ1n) is 5.06. The van der Waals surface area contributed by atoms with Gasteiger partial charge in [-0.2, -0.15) is 0 Å². The van der Waals surface area contributed by atoms with Gasteiger partial charge in [0.25, 0.3) is 0 Å². The molecule has 13 heavy (non-hydrogen) atoms. The standard InChI is InChI=1S/C7H14.C6H12/c1-5-7(4)6(2)3;1-5(2)6(3)4/h5H2,1-4H3;1-4H3. The molecule has 0 radical (unpaired) electrons. The van der Waals surface area contributed by atoms with Crippen molar-refractivity contribution >= 4 is 0 Å². The first-order chi connectivity index (χ1) is 5.82. The van der Waals surface area contributed by atoms with Crippen molar-refractivity contribution in [2.24, 2.45) is 0 Å². The molecule has 0 aliphatic rings. The summed E-state index contributed by atoms with van der Waals surface area (Å²) < 4.78 is 0. The lowest BCUT2D eigenvalue weighted by molar-refractivity contribution is 1.05. The highest BCUT2D eigenvalue weighted by Crippen LogP contribution is 2.04. The third kappa shape index (κ3) is 11.5. The van der Waals surface area contributed by atoms with Crippen LogP contribution in [-0.4, -0.2) is 0 Å². The Morgan fingerprint density at radius 3 is 0.923 bits per heavy atom. The molecule has 0 bridgehead atoms. The summed E-state index contributed by atoms with van der Waals surface area (Å²) in [6.45, 7) is 17.1. The molecule has 0 nitrogen and oxygen atoms in total. The highest BCUT2D eigenvalue weighted by molar-refractivity contribution is 5.05. The van der Waals surface area contributed by atoms with Crippen molar-refractivity contribution in [3.63, 3.8) is 0 Å². The molecule has 0 atom stereocenters. The monoisotopic (exact) mass is 182 g/mol. The molecule has 0 amide bonds. The zero-order valence-corrected chi connectivity index (χ0v) is 10.7. The Hall–Kier alpha value is -0.520. The fourth-order valence-corrected chi connectivity index (χ4v) is 0.354. The zero-order valence-electron chi connectivity index (χ0n) is 10.7. The molecule has 0 aliphatic carbocycles. The van der Waals surface area contributed by atoms with Gasteiger partial charge in [0.05, 0.1) is 0 Å². The molecule has 0 aliphatic heterocycles. The normalized spacial score (nSPS) is 8.31. The van der Waals surface area contributed by atoms with Crippen LogP contribution in [0, 0.1) is 0 Å². The minimum Gasteiger partial charge on any atom is -0.0778 e. The van der Waals surface area contributed by atoms with E-state index in [0.717, 1.165) is 0 Å². The Labute approximate surface area is 84.7 Å². The third-order valence-electron chi connectivity index (χ3n) is 2.38. The largest absolute Gasteiger partial charge is 0.0778 e. The average molecular weight is 182 g/mol. The van der Waals surface area contributed by atoms with Crippen molar-refractivity contribution in [1.29, 1.82) is 0 Å². The van der Waals surface area contributed by atoms with Crippen LogP contribution in [0.5, 0.6) is 0 Å². The van der Waals surface area contributed by atoms with E-state index in [1.165, 1.54) is 28.7 Å². The molecule has 0 unspecified atom stereocenters. The van der Waals surface area contributed by atoms with E-state index in [0.29, 0.717) is 0 Å². The SMILES string of the molecule is CC(C)=C(C)C.CCC(C)=C(C)C. The van der Waals surface area contributed by atoms with Crippen LogP contribution in [0.25, 0.3) is 0 Å². The van der Waals surface area contributed by atoms with Crippen LogP contribution in [0.1, 0.15) is 61.8 Å². The Morgan fingerprint density at radius 1 is 0.615 bits per heavy atom. The molecular weight excluding hydrogens is 156 g/mol. The summed E-state index contributed by atoms with van der Waals surface area (Å²) in [5, 5.41) is 0. The number of rotatable bonds is 1. The molecule has 0 rings (SSSR count). The van der Waals surface area contributed by atoms with Gasteiger partial charge in [0.1, 0.15) is 0 Å². The summed E-state index contributed by atoms with van der Waals surface area (Å²) in [4.78, 5) is 0. The molecule has 0 aromatic carbocycles. The number of hydrogen-bond donors (Lipinski definition) is 0. The van der Waals surface area contributed by atoms with E-state index in [1.54, 1.807) is 0 Å². The summed E-state index contributed by atoms with van der Waals surface area (Å²) in [5.41, 5.74) is 5.83. The maximum Gasteiger partial charge on any atom is -0.0349 e. The van der Waals surface area contributed by atoms with Gasteiger partial charge in [-0.05, 0) is 54.9 Å². The summed E-state index contributed by atoms with van der Waals surface area (Å²) in [6, 6.07) is 0. The number of allylic oxidation sites excluding steroid dienone is 4. The lowest BCUT2D eigenvalue weighted by atomic mass is 10.1. The van der Waals surface area contributed by atoms with Crippen molar-refractivity contribution in [2.45, 2.75) is 61.8 Å².